The van der Waals surface area contributed by atoms with E-state index in [1.165, 1.54) is 11.3 Å². The molecule has 0 aliphatic rings. The molecule has 0 bridgehead atoms. The van der Waals surface area contributed by atoms with Gasteiger partial charge in [-0.15, -0.1) is 0 Å². The van der Waals surface area contributed by atoms with Crippen molar-refractivity contribution in [2.24, 2.45) is 7.05 Å². The fourth-order valence-corrected chi connectivity index (χ4v) is 3.04. The first kappa shape index (κ1) is 16.3. The second-order valence-corrected chi connectivity index (χ2v) is 6.09. The molecule has 5 heteroatoms. The summed E-state index contributed by atoms with van der Waals surface area (Å²) in [4.78, 5) is 0. The molecule has 0 amide bonds. The Balaban J connectivity index is 2.32. The third-order valence-electron chi connectivity index (χ3n) is 3.79. The SMILES string of the molecule is CCNC(Cc1ccc(Cl)c(Cl)c1)c1c(C)nn(C)c1C. The van der Waals surface area contributed by atoms with E-state index >= 15 is 0 Å². The summed E-state index contributed by atoms with van der Waals surface area (Å²) >= 11 is 12.1. The zero-order valence-electron chi connectivity index (χ0n) is 12.9. The van der Waals surface area contributed by atoms with Crippen LogP contribution in [-0.4, -0.2) is 16.3 Å². The molecular weight excluding hydrogens is 305 g/mol. The Labute approximate surface area is 136 Å². The maximum Gasteiger partial charge on any atom is 0.0644 e. The predicted octanol–water partition coefficient (Wildman–Crippen LogP) is 4.24. The zero-order chi connectivity index (χ0) is 15.6. The number of nitrogens with one attached hydrogen (secondary N) is 1. The summed E-state index contributed by atoms with van der Waals surface area (Å²) in [5.74, 6) is 0. The van der Waals surface area contributed by atoms with Gasteiger partial charge in [-0.2, -0.15) is 5.10 Å². The number of benzene rings is 1. The van der Waals surface area contributed by atoms with Crippen LogP contribution in [0.1, 0.15) is 35.5 Å². The Hall–Kier alpha value is -1.03. The molecule has 1 aromatic carbocycles. The smallest absolute Gasteiger partial charge is 0.0644 e. The Morgan fingerprint density at radius 3 is 2.48 bits per heavy atom. The van der Waals surface area contributed by atoms with E-state index in [2.05, 4.69) is 31.2 Å². The van der Waals surface area contributed by atoms with Crippen LogP contribution in [0.15, 0.2) is 18.2 Å². The van der Waals surface area contributed by atoms with E-state index in [4.69, 9.17) is 23.2 Å². The molecule has 1 unspecified atom stereocenters. The van der Waals surface area contributed by atoms with Crippen molar-refractivity contribution in [3.63, 3.8) is 0 Å². The highest BCUT2D eigenvalue weighted by Gasteiger charge is 2.20. The summed E-state index contributed by atoms with van der Waals surface area (Å²) in [6, 6.07) is 6.04. The monoisotopic (exact) mass is 325 g/mol. The van der Waals surface area contributed by atoms with Crippen LogP contribution in [0.3, 0.4) is 0 Å². The second-order valence-electron chi connectivity index (χ2n) is 5.27. The van der Waals surface area contributed by atoms with Crippen LogP contribution in [-0.2, 0) is 13.5 Å². The number of hydrogen-bond acceptors (Lipinski definition) is 2. The van der Waals surface area contributed by atoms with Crippen LogP contribution in [0, 0.1) is 13.8 Å². The van der Waals surface area contributed by atoms with Gasteiger partial charge in [-0.3, -0.25) is 4.68 Å². The van der Waals surface area contributed by atoms with Gasteiger partial charge in [0.2, 0.25) is 0 Å². The minimum atomic E-state index is 0.223. The van der Waals surface area contributed by atoms with E-state index in [0.717, 1.165) is 24.2 Å². The first-order valence-corrected chi connectivity index (χ1v) is 7.87. The molecular formula is C16H21Cl2N3. The van der Waals surface area contributed by atoms with Gasteiger partial charge in [-0.25, -0.2) is 0 Å². The molecule has 0 aliphatic carbocycles. The molecule has 2 rings (SSSR count). The Morgan fingerprint density at radius 1 is 1.24 bits per heavy atom. The van der Waals surface area contributed by atoms with Gasteiger partial charge in [-0.05, 0) is 44.5 Å². The Morgan fingerprint density at radius 2 is 1.95 bits per heavy atom. The van der Waals surface area contributed by atoms with Crippen molar-refractivity contribution in [1.29, 1.82) is 0 Å². The Kier molecular flexibility index (Phi) is 5.31. The molecule has 1 N–H and O–H groups in total. The van der Waals surface area contributed by atoms with Crippen LogP contribution in [0.25, 0.3) is 0 Å². The van der Waals surface area contributed by atoms with Crippen LogP contribution in [0.5, 0.6) is 0 Å². The van der Waals surface area contributed by atoms with Crippen molar-refractivity contribution in [2.45, 2.75) is 33.2 Å². The van der Waals surface area contributed by atoms with E-state index in [1.54, 1.807) is 0 Å². The van der Waals surface area contributed by atoms with Gasteiger partial charge >= 0.3 is 0 Å². The minimum absolute atomic E-state index is 0.223. The predicted molar refractivity (Wildman–Crippen MR) is 89.3 cm³/mol. The topological polar surface area (TPSA) is 29.9 Å². The van der Waals surface area contributed by atoms with E-state index in [1.807, 2.05) is 29.9 Å². The molecule has 3 nitrogen and oxygen atoms in total. The lowest BCUT2D eigenvalue weighted by molar-refractivity contribution is 0.544. The van der Waals surface area contributed by atoms with E-state index in [0.29, 0.717) is 10.0 Å². The summed E-state index contributed by atoms with van der Waals surface area (Å²) in [5.41, 5.74) is 4.70. The number of rotatable bonds is 5. The quantitative estimate of drug-likeness (QED) is 0.891. The van der Waals surface area contributed by atoms with Gasteiger partial charge in [0, 0.05) is 24.3 Å². The lowest BCUT2D eigenvalue weighted by atomic mass is 9.97. The fourth-order valence-electron chi connectivity index (χ4n) is 2.72. The average molecular weight is 326 g/mol. The van der Waals surface area contributed by atoms with Gasteiger partial charge < -0.3 is 5.32 Å². The van der Waals surface area contributed by atoms with Crippen molar-refractivity contribution >= 4 is 23.2 Å². The van der Waals surface area contributed by atoms with Crippen LogP contribution >= 0.6 is 23.2 Å². The first-order chi connectivity index (χ1) is 9.93. The van der Waals surface area contributed by atoms with Crippen molar-refractivity contribution in [3.05, 3.63) is 50.8 Å². The van der Waals surface area contributed by atoms with Crippen LogP contribution < -0.4 is 5.32 Å². The highest BCUT2D eigenvalue weighted by molar-refractivity contribution is 6.42. The highest BCUT2D eigenvalue weighted by Crippen LogP contribution is 2.28. The van der Waals surface area contributed by atoms with Crippen molar-refractivity contribution in [1.82, 2.24) is 15.1 Å². The number of aryl methyl sites for hydroxylation is 2. The molecule has 0 saturated carbocycles. The first-order valence-electron chi connectivity index (χ1n) is 7.11. The second kappa shape index (κ2) is 6.82. The maximum absolute atomic E-state index is 6.12. The molecule has 2 aromatic rings. The standard InChI is InChI=1S/C16H21Cl2N3/c1-5-19-15(16-10(2)20-21(4)11(16)3)9-12-6-7-13(17)14(18)8-12/h6-8,15,19H,5,9H2,1-4H3. The normalized spacial score (nSPS) is 12.7. The van der Waals surface area contributed by atoms with E-state index < -0.39 is 0 Å². The van der Waals surface area contributed by atoms with Gasteiger partial charge in [0.15, 0.2) is 0 Å². The fraction of sp³-hybridized carbons (Fsp3) is 0.438. The van der Waals surface area contributed by atoms with Crippen LogP contribution in [0.4, 0.5) is 0 Å². The Bertz CT molecular complexity index is 635. The van der Waals surface area contributed by atoms with Crippen molar-refractivity contribution in [2.75, 3.05) is 6.54 Å². The summed E-state index contributed by atoms with van der Waals surface area (Å²) in [7, 11) is 1.98. The summed E-state index contributed by atoms with van der Waals surface area (Å²) in [6.45, 7) is 7.18. The maximum atomic E-state index is 6.12. The van der Waals surface area contributed by atoms with Crippen molar-refractivity contribution < 1.29 is 0 Å². The van der Waals surface area contributed by atoms with E-state index in [-0.39, 0.29) is 6.04 Å². The lowest BCUT2D eigenvalue weighted by Crippen LogP contribution is -2.24. The molecule has 0 fully saturated rings. The molecule has 21 heavy (non-hydrogen) atoms. The van der Waals surface area contributed by atoms with Gasteiger partial charge in [0.25, 0.3) is 0 Å². The number of aromatic nitrogens is 2. The van der Waals surface area contributed by atoms with Crippen LogP contribution in [0.2, 0.25) is 10.0 Å². The molecule has 1 atom stereocenters. The average Bonchev–Trinajstić information content (AvgIpc) is 2.67. The highest BCUT2D eigenvalue weighted by atomic mass is 35.5. The lowest BCUT2D eigenvalue weighted by Gasteiger charge is -2.19. The summed E-state index contributed by atoms with van der Waals surface area (Å²) < 4.78 is 1.93. The van der Waals surface area contributed by atoms with Gasteiger partial charge in [0.05, 0.1) is 15.7 Å². The van der Waals surface area contributed by atoms with E-state index in [9.17, 15) is 0 Å². The summed E-state index contributed by atoms with van der Waals surface area (Å²) in [6.07, 6.45) is 0.859. The molecule has 0 radical (unpaired) electrons. The largest absolute Gasteiger partial charge is 0.310 e. The summed E-state index contributed by atoms with van der Waals surface area (Å²) in [5, 5.41) is 9.26. The van der Waals surface area contributed by atoms with Gasteiger partial charge in [-0.1, -0.05) is 36.2 Å². The van der Waals surface area contributed by atoms with Gasteiger partial charge in [0.1, 0.15) is 0 Å². The number of nitrogens with zero attached hydrogens (tertiary/aromatic N) is 2. The third kappa shape index (κ3) is 3.60. The molecule has 114 valence electrons. The molecule has 0 spiro atoms. The zero-order valence-corrected chi connectivity index (χ0v) is 14.4. The minimum Gasteiger partial charge on any atom is -0.310 e. The molecule has 0 aliphatic heterocycles. The number of halogens is 2. The molecule has 1 aromatic heterocycles. The van der Waals surface area contributed by atoms with Crippen molar-refractivity contribution in [3.8, 4) is 0 Å². The third-order valence-corrected chi connectivity index (χ3v) is 4.53. The number of likely N-dealkylation sites (N-methyl/N-ethyl adjacent to an activating group) is 1. The number of hydrogen-bond donors (Lipinski definition) is 1. The molecule has 1 heterocycles. The molecule has 0 saturated heterocycles.